The molecule has 2 aromatic rings. The lowest BCUT2D eigenvalue weighted by molar-refractivity contribution is -0.161. The number of amides is 1. The summed E-state index contributed by atoms with van der Waals surface area (Å²) in [4.78, 5) is 23.6. The highest BCUT2D eigenvalue weighted by Crippen LogP contribution is 2.31. The van der Waals surface area contributed by atoms with Crippen molar-refractivity contribution in [2.45, 2.75) is 62.7 Å². The summed E-state index contributed by atoms with van der Waals surface area (Å²) in [7, 11) is -2.37. The molecule has 1 amide bonds. The zero-order valence-electron chi connectivity index (χ0n) is 30.2. The molecule has 0 spiro atoms. The highest BCUT2D eigenvalue weighted by Gasteiger charge is 2.30. The molecule has 51 heavy (non-hydrogen) atoms. The minimum atomic E-state index is -3.71. The van der Waals surface area contributed by atoms with Crippen LogP contribution in [0.3, 0.4) is 0 Å². The topological polar surface area (TPSA) is 168 Å². The number of aliphatic hydroxyl groups excluding tert-OH is 1. The molecule has 1 heterocycles. The van der Waals surface area contributed by atoms with Gasteiger partial charge < -0.3 is 43.6 Å². The Kier molecular flexibility index (Phi) is 18.3. The molecule has 1 unspecified atom stereocenters. The average Bonchev–Trinajstić information content (AvgIpc) is 3.11. The van der Waals surface area contributed by atoms with E-state index in [2.05, 4.69) is 10.1 Å². The van der Waals surface area contributed by atoms with E-state index in [1.807, 2.05) is 24.3 Å². The van der Waals surface area contributed by atoms with E-state index in [1.165, 1.54) is 35.7 Å². The monoisotopic (exact) mass is 738 g/mol. The first-order chi connectivity index (χ1) is 24.4. The van der Waals surface area contributed by atoms with Crippen LogP contribution >= 0.6 is 0 Å². The largest absolute Gasteiger partial charge is 0.491 e. The molecule has 1 aliphatic heterocycles. The molecular formula is C36H54N2O12S. The third-order valence-electron chi connectivity index (χ3n) is 7.78. The van der Waals surface area contributed by atoms with Gasteiger partial charge in [0.2, 0.25) is 10.0 Å². The lowest BCUT2D eigenvalue weighted by atomic mass is 9.90. The van der Waals surface area contributed by atoms with E-state index in [0.29, 0.717) is 85.4 Å². The molecule has 3 rings (SSSR count). The number of sulfonamides is 1. The van der Waals surface area contributed by atoms with Gasteiger partial charge in [0.05, 0.1) is 83.4 Å². The Bertz CT molecular complexity index is 1410. The number of carbonyl (C=O) groups is 2. The number of benzene rings is 2. The molecule has 0 saturated carbocycles. The molecule has 0 bridgehead atoms. The lowest BCUT2D eigenvalue weighted by Gasteiger charge is -2.31. The number of ether oxygens (including phenoxy) is 7. The fourth-order valence-corrected chi connectivity index (χ4v) is 6.63. The number of nitrogens with zero attached hydrogens (tertiary/aromatic N) is 1. The fourth-order valence-electron chi connectivity index (χ4n) is 5.16. The predicted octanol–water partition coefficient (Wildman–Crippen LogP) is 3.13. The second-order valence-electron chi connectivity index (χ2n) is 12.8. The maximum Gasteiger partial charge on any atom is 0.307 e. The summed E-state index contributed by atoms with van der Waals surface area (Å²) in [6.45, 7) is 9.82. The van der Waals surface area contributed by atoms with Crippen molar-refractivity contribution in [3.05, 3.63) is 59.7 Å². The Morgan fingerprint density at radius 2 is 1.35 bits per heavy atom. The van der Waals surface area contributed by atoms with Gasteiger partial charge in [0, 0.05) is 18.7 Å². The molecule has 15 heteroatoms. The first-order valence-corrected chi connectivity index (χ1v) is 18.7. The van der Waals surface area contributed by atoms with Crippen molar-refractivity contribution in [3.63, 3.8) is 0 Å². The quantitative estimate of drug-likeness (QED) is 0.0973. The van der Waals surface area contributed by atoms with E-state index in [-0.39, 0.29) is 35.3 Å². The maximum atomic E-state index is 13.3. The van der Waals surface area contributed by atoms with Gasteiger partial charge >= 0.3 is 5.97 Å². The third kappa shape index (κ3) is 16.0. The number of piperidine rings is 1. The highest BCUT2D eigenvalue weighted by molar-refractivity contribution is 7.89. The van der Waals surface area contributed by atoms with Crippen molar-refractivity contribution in [1.29, 1.82) is 0 Å². The van der Waals surface area contributed by atoms with Crippen molar-refractivity contribution in [2.24, 2.45) is 0 Å². The minimum absolute atomic E-state index is 0.0902. The maximum absolute atomic E-state index is 13.3. The van der Waals surface area contributed by atoms with Crippen molar-refractivity contribution in [2.75, 3.05) is 86.2 Å². The van der Waals surface area contributed by atoms with Gasteiger partial charge in [-0.25, -0.2) is 8.42 Å². The average molecular weight is 739 g/mol. The van der Waals surface area contributed by atoms with Crippen molar-refractivity contribution in [3.8, 4) is 5.75 Å². The molecule has 0 aliphatic carbocycles. The Morgan fingerprint density at radius 3 is 1.88 bits per heavy atom. The Hall–Kier alpha value is -3.15. The number of carbonyl (C=O) groups excluding carboxylic acids is 2. The smallest absolute Gasteiger partial charge is 0.307 e. The first-order valence-electron chi connectivity index (χ1n) is 17.2. The van der Waals surface area contributed by atoms with Crippen molar-refractivity contribution in [1.82, 2.24) is 9.62 Å². The zero-order valence-corrected chi connectivity index (χ0v) is 31.0. The van der Waals surface area contributed by atoms with Crippen LogP contribution in [0.5, 0.6) is 5.75 Å². The van der Waals surface area contributed by atoms with Crippen LogP contribution in [-0.2, 0) is 43.2 Å². The lowest BCUT2D eigenvalue weighted by Crippen LogP contribution is -2.38. The number of hydrogen-bond acceptors (Lipinski definition) is 12. The second kappa shape index (κ2) is 22.0. The third-order valence-corrected chi connectivity index (χ3v) is 9.69. The minimum Gasteiger partial charge on any atom is -0.491 e. The summed E-state index contributed by atoms with van der Waals surface area (Å²) < 4.78 is 65.5. The SMILES string of the molecule is COC(=O)CCOCCOCCOCCOCCOc1ccc(C2CCN(S(=O)(=O)c3ccc(C(=O)NCC(O)OC(C)(C)C)cc3)CC2)cc1. The summed E-state index contributed by atoms with van der Waals surface area (Å²) in [5.74, 6) is 0.229. The summed E-state index contributed by atoms with van der Waals surface area (Å²) in [6, 6.07) is 13.7. The van der Waals surface area contributed by atoms with Crippen molar-refractivity contribution >= 4 is 21.9 Å². The number of rotatable bonds is 23. The van der Waals surface area contributed by atoms with E-state index in [9.17, 15) is 23.1 Å². The van der Waals surface area contributed by atoms with Crippen LogP contribution in [0.25, 0.3) is 0 Å². The molecule has 1 fully saturated rings. The van der Waals surface area contributed by atoms with Gasteiger partial charge in [-0.1, -0.05) is 12.1 Å². The van der Waals surface area contributed by atoms with Gasteiger partial charge in [-0.05, 0) is 81.5 Å². The fraction of sp³-hybridized carbons (Fsp3) is 0.611. The molecule has 1 atom stereocenters. The Labute approximate surface area is 301 Å². The van der Waals surface area contributed by atoms with E-state index in [0.717, 1.165) is 11.3 Å². The Balaban J connectivity index is 1.27. The number of hydrogen-bond donors (Lipinski definition) is 2. The van der Waals surface area contributed by atoms with E-state index < -0.39 is 27.8 Å². The highest BCUT2D eigenvalue weighted by atomic mass is 32.2. The van der Waals surface area contributed by atoms with Crippen LogP contribution in [0.1, 0.15) is 61.9 Å². The van der Waals surface area contributed by atoms with E-state index in [4.69, 9.17) is 28.4 Å². The van der Waals surface area contributed by atoms with Gasteiger partial charge in [-0.15, -0.1) is 0 Å². The van der Waals surface area contributed by atoms with Gasteiger partial charge in [0.1, 0.15) is 12.4 Å². The summed E-state index contributed by atoms with van der Waals surface area (Å²) in [5, 5.41) is 12.5. The molecule has 286 valence electrons. The molecule has 0 radical (unpaired) electrons. The number of nitrogens with one attached hydrogen (secondary N) is 1. The molecule has 2 N–H and O–H groups in total. The molecule has 0 aromatic heterocycles. The number of aliphatic hydroxyl groups is 1. The number of methoxy groups -OCH3 is 1. The summed E-state index contributed by atoms with van der Waals surface area (Å²) in [5.41, 5.74) is 0.861. The molecular weight excluding hydrogens is 684 g/mol. The van der Waals surface area contributed by atoms with E-state index >= 15 is 0 Å². The summed E-state index contributed by atoms with van der Waals surface area (Å²) >= 11 is 0. The van der Waals surface area contributed by atoms with Gasteiger partial charge in [0.15, 0.2) is 6.29 Å². The zero-order chi connectivity index (χ0) is 37.1. The number of esters is 1. The predicted molar refractivity (Wildman–Crippen MR) is 188 cm³/mol. The molecule has 14 nitrogen and oxygen atoms in total. The van der Waals surface area contributed by atoms with E-state index in [1.54, 1.807) is 20.8 Å². The molecule has 1 aliphatic rings. The van der Waals surface area contributed by atoms with Crippen molar-refractivity contribution < 1.29 is 56.3 Å². The van der Waals surface area contributed by atoms with Crippen LogP contribution in [0.15, 0.2) is 53.4 Å². The summed E-state index contributed by atoms with van der Waals surface area (Å²) in [6.07, 6.45) is 0.445. The standard InChI is InChI=1S/C36H54N2O12S/c1-36(2,3)50-34(40)27-37-35(41)30-7-11-32(12-8-30)51(42,43)38-16-13-29(14-17-38)28-5-9-31(10-6-28)49-26-25-48-24-23-47-22-21-46-20-19-45-18-15-33(39)44-4/h5-12,29,34,40H,13-27H2,1-4H3,(H,37,41). The van der Waals surface area contributed by atoms with Gasteiger partial charge in [-0.3, -0.25) is 9.59 Å². The van der Waals surface area contributed by atoms with Crippen LogP contribution in [0.2, 0.25) is 0 Å². The van der Waals surface area contributed by atoms with Crippen LogP contribution in [-0.4, -0.2) is 128 Å². The first kappa shape index (κ1) is 42.3. The van der Waals surface area contributed by atoms with Gasteiger partial charge in [-0.2, -0.15) is 4.31 Å². The molecule has 1 saturated heterocycles. The normalized spacial score (nSPS) is 15.0. The van der Waals surface area contributed by atoms with Crippen LogP contribution < -0.4 is 10.1 Å². The Morgan fingerprint density at radius 1 is 0.824 bits per heavy atom. The molecule has 2 aromatic carbocycles. The van der Waals surface area contributed by atoms with Crippen LogP contribution in [0.4, 0.5) is 0 Å². The van der Waals surface area contributed by atoms with Gasteiger partial charge in [0.25, 0.3) is 5.91 Å². The van der Waals surface area contributed by atoms with Crippen LogP contribution in [0, 0.1) is 0 Å². The second-order valence-corrected chi connectivity index (χ2v) is 14.7.